The Labute approximate surface area is 94.1 Å². The third kappa shape index (κ3) is 2.61. The molecule has 1 heterocycles. The van der Waals surface area contributed by atoms with Crippen LogP contribution >= 0.6 is 0 Å². The highest BCUT2D eigenvalue weighted by molar-refractivity contribution is 5.22. The van der Waals surface area contributed by atoms with Gasteiger partial charge in [-0.15, -0.1) is 0 Å². The van der Waals surface area contributed by atoms with Crippen LogP contribution < -0.4 is 4.74 Å². The Morgan fingerprint density at radius 1 is 1.25 bits per heavy atom. The van der Waals surface area contributed by atoms with Gasteiger partial charge in [-0.25, -0.2) is 0 Å². The normalized spacial score (nSPS) is 10.4. The van der Waals surface area contributed by atoms with Crippen LogP contribution in [0.15, 0.2) is 36.7 Å². The van der Waals surface area contributed by atoms with Gasteiger partial charge in [0.25, 0.3) is 0 Å². The second-order valence-electron chi connectivity index (χ2n) is 3.61. The first-order valence-electron chi connectivity index (χ1n) is 5.08. The van der Waals surface area contributed by atoms with Crippen LogP contribution in [0.1, 0.15) is 11.1 Å². The van der Waals surface area contributed by atoms with E-state index in [0.717, 1.165) is 16.9 Å². The number of hydrogen-bond acceptors (Lipinski definition) is 3. The zero-order chi connectivity index (χ0) is 11.4. The van der Waals surface area contributed by atoms with Crippen LogP contribution in [0.4, 0.5) is 0 Å². The third-order valence-electron chi connectivity index (χ3n) is 2.29. The van der Waals surface area contributed by atoms with Gasteiger partial charge in [0.2, 0.25) is 0 Å². The highest BCUT2D eigenvalue weighted by Crippen LogP contribution is 2.11. The van der Waals surface area contributed by atoms with Crippen LogP contribution in [0.5, 0.6) is 5.75 Å². The van der Waals surface area contributed by atoms with Crippen LogP contribution in [-0.2, 0) is 20.3 Å². The maximum atomic E-state index is 8.90. The summed E-state index contributed by atoms with van der Waals surface area (Å²) in [4.78, 5) is 0. The second kappa shape index (κ2) is 4.81. The van der Waals surface area contributed by atoms with Crippen LogP contribution in [-0.4, -0.2) is 14.9 Å². The Balaban J connectivity index is 1.94. The molecule has 84 valence electrons. The maximum Gasteiger partial charge on any atom is 0.157 e. The number of aliphatic hydroxyl groups excluding tert-OH is 1. The van der Waals surface area contributed by atoms with E-state index in [1.165, 1.54) is 0 Å². The fourth-order valence-corrected chi connectivity index (χ4v) is 1.38. The summed E-state index contributed by atoms with van der Waals surface area (Å²) in [5, 5.41) is 12.9. The molecule has 0 saturated heterocycles. The average molecular weight is 218 g/mol. The summed E-state index contributed by atoms with van der Waals surface area (Å²) in [6.45, 7) is 0.584. The number of aryl methyl sites for hydroxylation is 1. The van der Waals surface area contributed by atoms with Crippen LogP contribution in [0.2, 0.25) is 0 Å². The van der Waals surface area contributed by atoms with Gasteiger partial charge in [0.15, 0.2) is 5.75 Å². The molecule has 2 rings (SSSR count). The molecule has 16 heavy (non-hydrogen) atoms. The van der Waals surface area contributed by atoms with Gasteiger partial charge >= 0.3 is 0 Å². The number of hydrogen-bond donors (Lipinski definition) is 1. The summed E-state index contributed by atoms with van der Waals surface area (Å²) in [5.74, 6) is 0.758. The minimum absolute atomic E-state index is 0.0732. The van der Waals surface area contributed by atoms with E-state index in [0.29, 0.717) is 6.61 Å². The number of aliphatic hydroxyl groups is 1. The Hall–Kier alpha value is -1.81. The molecule has 0 saturated carbocycles. The molecule has 2 aromatic rings. The first-order chi connectivity index (χ1) is 7.78. The van der Waals surface area contributed by atoms with Crippen molar-refractivity contribution in [2.75, 3.05) is 0 Å². The minimum Gasteiger partial charge on any atom is -0.486 e. The van der Waals surface area contributed by atoms with E-state index in [-0.39, 0.29) is 6.61 Å². The van der Waals surface area contributed by atoms with Crippen molar-refractivity contribution >= 4 is 0 Å². The molecule has 0 radical (unpaired) electrons. The topological polar surface area (TPSA) is 47.3 Å². The van der Waals surface area contributed by atoms with Crippen molar-refractivity contribution in [1.29, 1.82) is 0 Å². The molecule has 0 aliphatic rings. The fraction of sp³-hybridized carbons (Fsp3) is 0.250. The fourth-order valence-electron chi connectivity index (χ4n) is 1.38. The summed E-state index contributed by atoms with van der Waals surface area (Å²) < 4.78 is 7.24. The monoisotopic (exact) mass is 218 g/mol. The van der Waals surface area contributed by atoms with Crippen molar-refractivity contribution in [1.82, 2.24) is 9.78 Å². The predicted octanol–water partition coefficient (Wildman–Crippen LogP) is 1.49. The van der Waals surface area contributed by atoms with Crippen LogP contribution in [0.25, 0.3) is 0 Å². The van der Waals surface area contributed by atoms with Crippen LogP contribution in [0.3, 0.4) is 0 Å². The van der Waals surface area contributed by atoms with Crippen molar-refractivity contribution < 1.29 is 9.84 Å². The largest absolute Gasteiger partial charge is 0.486 e. The Kier molecular flexibility index (Phi) is 3.22. The quantitative estimate of drug-likeness (QED) is 0.845. The van der Waals surface area contributed by atoms with Gasteiger partial charge in [-0.2, -0.15) is 5.10 Å². The molecule has 0 fully saturated rings. The summed E-state index contributed by atoms with van der Waals surface area (Å²) >= 11 is 0. The zero-order valence-electron chi connectivity index (χ0n) is 9.13. The van der Waals surface area contributed by atoms with Gasteiger partial charge in [0.05, 0.1) is 19.0 Å². The summed E-state index contributed by atoms with van der Waals surface area (Å²) in [7, 11) is 1.85. The number of benzene rings is 1. The standard InChI is InChI=1S/C12H14N2O2/c1-14-7-12(6-13-14)16-9-11-4-2-10(8-15)3-5-11/h2-7,15H,8-9H2,1H3. The molecular weight excluding hydrogens is 204 g/mol. The Morgan fingerprint density at radius 2 is 1.94 bits per heavy atom. The van der Waals surface area contributed by atoms with Crippen molar-refractivity contribution in [3.05, 3.63) is 47.8 Å². The van der Waals surface area contributed by atoms with E-state index in [1.807, 2.05) is 37.5 Å². The lowest BCUT2D eigenvalue weighted by molar-refractivity contribution is 0.281. The predicted molar refractivity (Wildman–Crippen MR) is 59.9 cm³/mol. The van der Waals surface area contributed by atoms with E-state index in [4.69, 9.17) is 9.84 Å². The molecule has 1 N–H and O–H groups in total. The summed E-state index contributed by atoms with van der Waals surface area (Å²) in [6, 6.07) is 7.67. The van der Waals surface area contributed by atoms with Gasteiger partial charge in [0.1, 0.15) is 6.61 Å². The van der Waals surface area contributed by atoms with Crippen molar-refractivity contribution in [3.63, 3.8) is 0 Å². The molecule has 1 aromatic heterocycles. The maximum absolute atomic E-state index is 8.90. The third-order valence-corrected chi connectivity index (χ3v) is 2.29. The molecule has 4 nitrogen and oxygen atoms in total. The Morgan fingerprint density at radius 3 is 2.50 bits per heavy atom. The lowest BCUT2D eigenvalue weighted by atomic mass is 10.1. The van der Waals surface area contributed by atoms with Crippen molar-refractivity contribution in [2.45, 2.75) is 13.2 Å². The molecule has 0 unspecified atom stereocenters. The molecule has 0 bridgehead atoms. The first-order valence-corrected chi connectivity index (χ1v) is 5.08. The Bertz CT molecular complexity index is 448. The van der Waals surface area contributed by atoms with Gasteiger partial charge in [-0.3, -0.25) is 4.68 Å². The van der Waals surface area contributed by atoms with Crippen LogP contribution in [0, 0.1) is 0 Å². The second-order valence-corrected chi connectivity index (χ2v) is 3.61. The number of rotatable bonds is 4. The molecule has 1 aromatic carbocycles. The highest BCUT2D eigenvalue weighted by Gasteiger charge is 1.98. The smallest absolute Gasteiger partial charge is 0.157 e. The van der Waals surface area contributed by atoms with Gasteiger partial charge in [-0.1, -0.05) is 24.3 Å². The van der Waals surface area contributed by atoms with Gasteiger partial charge in [0, 0.05) is 7.05 Å². The van der Waals surface area contributed by atoms with Crippen molar-refractivity contribution in [2.24, 2.45) is 7.05 Å². The average Bonchev–Trinajstić information content (AvgIpc) is 2.73. The lowest BCUT2D eigenvalue weighted by Gasteiger charge is -2.04. The van der Waals surface area contributed by atoms with E-state index in [1.54, 1.807) is 10.9 Å². The molecule has 0 aliphatic heterocycles. The van der Waals surface area contributed by atoms with E-state index in [9.17, 15) is 0 Å². The highest BCUT2D eigenvalue weighted by atomic mass is 16.5. The SMILES string of the molecule is Cn1cc(OCc2ccc(CO)cc2)cn1. The lowest BCUT2D eigenvalue weighted by Crippen LogP contribution is -1.95. The number of ether oxygens (including phenoxy) is 1. The van der Waals surface area contributed by atoms with Crippen molar-refractivity contribution in [3.8, 4) is 5.75 Å². The zero-order valence-corrected chi connectivity index (χ0v) is 9.13. The molecular formula is C12H14N2O2. The first kappa shape index (κ1) is 10.7. The summed E-state index contributed by atoms with van der Waals surface area (Å²) in [5.41, 5.74) is 1.98. The number of nitrogens with zero attached hydrogens (tertiary/aromatic N) is 2. The van der Waals surface area contributed by atoms with Gasteiger partial charge in [-0.05, 0) is 11.1 Å². The molecule has 0 amide bonds. The summed E-state index contributed by atoms with van der Waals surface area (Å²) in [6.07, 6.45) is 3.50. The van der Waals surface area contributed by atoms with E-state index in [2.05, 4.69) is 5.10 Å². The van der Waals surface area contributed by atoms with Gasteiger partial charge < -0.3 is 9.84 Å². The molecule has 0 atom stereocenters. The minimum atomic E-state index is 0.0732. The molecule has 0 aliphatic carbocycles. The molecule has 4 heteroatoms. The number of aromatic nitrogens is 2. The van der Waals surface area contributed by atoms with E-state index < -0.39 is 0 Å². The van der Waals surface area contributed by atoms with E-state index >= 15 is 0 Å². The molecule has 0 spiro atoms.